The Morgan fingerprint density at radius 2 is 1.35 bits per heavy atom. The van der Waals surface area contributed by atoms with Crippen molar-refractivity contribution in [1.29, 1.82) is 5.26 Å². The molecule has 5 aromatic carbocycles. The van der Waals surface area contributed by atoms with E-state index < -0.39 is 95.9 Å². The summed E-state index contributed by atoms with van der Waals surface area (Å²) in [7, 11) is -23.3. The van der Waals surface area contributed by atoms with Crippen LogP contribution in [0, 0.1) is 25.2 Å². The summed E-state index contributed by atoms with van der Waals surface area (Å²) in [4.78, 5) is 6.95. The quantitative estimate of drug-likeness (QED) is 0.0145. The van der Waals surface area contributed by atoms with Gasteiger partial charge in [0.1, 0.15) is 38.4 Å². The summed E-state index contributed by atoms with van der Waals surface area (Å²) in [5.74, 6) is -2.01. The number of thiazole rings is 1. The van der Waals surface area contributed by atoms with Crippen molar-refractivity contribution in [2.24, 2.45) is 30.7 Å². The minimum Gasteiger partial charge on any atom is -0.493 e. The number of fused-ring (bicyclic) bond motifs is 6. The van der Waals surface area contributed by atoms with Crippen LogP contribution in [0.5, 0.6) is 11.6 Å². The van der Waals surface area contributed by atoms with Crippen molar-refractivity contribution in [3.63, 3.8) is 0 Å². The van der Waals surface area contributed by atoms with Gasteiger partial charge in [-0.1, -0.05) is 17.4 Å². The fourth-order valence-corrected chi connectivity index (χ4v) is 13.0. The zero-order valence-electron chi connectivity index (χ0n) is 41.3. The standard InChI is InChI=1S/C45H40N10O19S7/c1-22-11-33(51-53-40-23(2)29(19-46)43-47-32-18-38(80(68,69)70)26(21-57)13-35(32)55(43)44(40)58)36(74-7-3-9-77(59,60)61)16-30(22)49-52-34-12-25(20-56)31(17-37(34)75-8-4-10-78(62,63)64)50-54-45-48-41-39(81(71,72)73)14-24-5-6-27(79(65,66)67)15-28(24)42(41)76-45/h5-6,11-18,56-58H,3-4,7-10,20-21H2,1-2H3,(H,59,60,61)(H,62,63,64)(H,65,66,67)(H,68,69,70)(H,71,72,73). The number of thioether (sulfide) groups is 1. The summed E-state index contributed by atoms with van der Waals surface area (Å²) in [6, 6.07) is 13.9. The molecule has 36 heteroatoms. The van der Waals surface area contributed by atoms with Crippen LogP contribution in [0.1, 0.15) is 40.7 Å². The number of rotatable bonds is 21. The zero-order chi connectivity index (χ0) is 59.1. The summed E-state index contributed by atoms with van der Waals surface area (Å²) >= 11 is 1.77. The van der Waals surface area contributed by atoms with Gasteiger partial charge >= 0.3 is 0 Å². The molecule has 0 aliphatic carbocycles. The fourth-order valence-electron chi connectivity index (χ4n) is 7.97. The van der Waals surface area contributed by atoms with E-state index in [0.717, 1.165) is 57.8 Å². The number of aliphatic hydroxyl groups excluding tert-OH is 2. The number of nitriles is 1. The molecule has 8 aromatic rings. The summed E-state index contributed by atoms with van der Waals surface area (Å²) in [6.07, 6.45) is -0.290. The molecule has 8 N–H and O–H groups in total. The van der Waals surface area contributed by atoms with E-state index in [1.807, 2.05) is 6.07 Å². The number of hydrogen-bond acceptors (Lipinski definition) is 25. The SMILES string of the molecule is Cc1cc(N=Nc2c(C)c(C#N)c3nc4cc(S(=O)(=O)O)c(CO)cc4n3c2O)c(OCCCS(=O)(=O)O)cc1N=Nc1cc(CO)c(N=Nc2nc3c(S(=O)(=O)O)cc4ccc(S(=O)(=O)O)cc4c3s2)cc1SCCCS(=O)(=O)O. The van der Waals surface area contributed by atoms with Gasteiger partial charge in [-0.05, 0) is 91.9 Å². The third kappa shape index (κ3) is 13.5. The molecule has 3 heterocycles. The van der Waals surface area contributed by atoms with Gasteiger partial charge in [0.05, 0.1) is 69.0 Å². The van der Waals surface area contributed by atoms with E-state index in [4.69, 9.17) is 4.74 Å². The largest absolute Gasteiger partial charge is 0.493 e. The van der Waals surface area contributed by atoms with Crippen LogP contribution in [0.15, 0.2) is 111 Å². The maximum absolute atomic E-state index is 12.5. The molecule has 8 rings (SSSR count). The highest BCUT2D eigenvalue weighted by Crippen LogP contribution is 2.44. The number of benzene rings is 5. The molecular formula is C45H40N10O19S7. The predicted octanol–water partition coefficient (Wildman–Crippen LogP) is 8.44. The van der Waals surface area contributed by atoms with E-state index in [0.29, 0.717) is 5.56 Å². The molecule has 0 atom stereocenters. The highest BCUT2D eigenvalue weighted by molar-refractivity contribution is 7.99. The molecule has 0 amide bonds. The molecule has 0 unspecified atom stereocenters. The third-order valence-corrected chi connectivity index (χ3v) is 18.1. The molecule has 0 radical (unpaired) electrons. The summed E-state index contributed by atoms with van der Waals surface area (Å²) < 4.78 is 175. The van der Waals surface area contributed by atoms with Gasteiger partial charge in [0.25, 0.3) is 50.6 Å². The maximum atomic E-state index is 12.5. The van der Waals surface area contributed by atoms with E-state index in [1.54, 1.807) is 6.92 Å². The van der Waals surface area contributed by atoms with Crippen molar-refractivity contribution in [3.8, 4) is 17.7 Å². The average Bonchev–Trinajstić information content (AvgIpc) is 2.62. The highest BCUT2D eigenvalue weighted by Gasteiger charge is 2.26. The third-order valence-electron chi connectivity index (χ3n) is 11.7. The number of aryl methyl sites for hydroxylation is 1. The molecular weight excluding hydrogens is 1210 g/mol. The second-order valence-corrected chi connectivity index (χ2v) is 26.8. The number of aromatic nitrogens is 3. The number of nitrogens with zero attached hydrogens (tertiary/aromatic N) is 10. The Morgan fingerprint density at radius 3 is 1.99 bits per heavy atom. The van der Waals surface area contributed by atoms with Gasteiger partial charge in [0, 0.05) is 33.0 Å². The number of aromatic hydroxyl groups is 1. The molecule has 0 bridgehead atoms. The van der Waals surface area contributed by atoms with E-state index in [9.17, 15) is 85.4 Å². The number of aliphatic hydroxyl groups is 2. The lowest BCUT2D eigenvalue weighted by Crippen LogP contribution is -2.08. The first-order chi connectivity index (χ1) is 37.9. The van der Waals surface area contributed by atoms with Crippen molar-refractivity contribution in [1.82, 2.24) is 14.4 Å². The fraction of sp³-hybridized carbons (Fsp3) is 0.222. The minimum atomic E-state index is -4.92. The molecule has 29 nitrogen and oxygen atoms in total. The Labute approximate surface area is 466 Å². The number of hydrogen-bond donors (Lipinski definition) is 8. The van der Waals surface area contributed by atoms with Crippen LogP contribution in [0.4, 0.5) is 33.6 Å². The first kappa shape index (κ1) is 60.0. The molecule has 0 saturated heterocycles. The van der Waals surface area contributed by atoms with Gasteiger partial charge in [-0.3, -0.25) is 27.2 Å². The van der Waals surface area contributed by atoms with Crippen molar-refractivity contribution in [2.75, 3.05) is 23.9 Å². The Morgan fingerprint density at radius 1 is 0.691 bits per heavy atom. The topological polar surface area (TPSA) is 470 Å². The maximum Gasteiger partial charge on any atom is 0.296 e. The lowest BCUT2D eigenvalue weighted by molar-refractivity contribution is 0.278. The first-order valence-corrected chi connectivity index (χ1v) is 32.1. The van der Waals surface area contributed by atoms with Crippen molar-refractivity contribution >= 4 is 145 Å². The van der Waals surface area contributed by atoms with Crippen LogP contribution in [-0.4, -0.2) is 118 Å². The van der Waals surface area contributed by atoms with Gasteiger partial charge in [-0.25, -0.2) is 9.97 Å². The van der Waals surface area contributed by atoms with Gasteiger partial charge in [0.2, 0.25) is 11.0 Å². The van der Waals surface area contributed by atoms with E-state index >= 15 is 0 Å². The van der Waals surface area contributed by atoms with Crippen LogP contribution < -0.4 is 4.74 Å². The van der Waals surface area contributed by atoms with Gasteiger partial charge < -0.3 is 20.1 Å². The Bertz CT molecular complexity index is 4660. The molecule has 0 aliphatic heterocycles. The predicted molar refractivity (Wildman–Crippen MR) is 291 cm³/mol. The van der Waals surface area contributed by atoms with Gasteiger partial charge in [0.15, 0.2) is 11.3 Å². The Balaban J connectivity index is 1.20. The smallest absolute Gasteiger partial charge is 0.296 e. The Kier molecular flexibility index (Phi) is 17.1. The van der Waals surface area contributed by atoms with Gasteiger partial charge in [-0.15, -0.1) is 37.3 Å². The van der Waals surface area contributed by atoms with Crippen LogP contribution >= 0.6 is 23.1 Å². The van der Waals surface area contributed by atoms with Crippen LogP contribution in [0.3, 0.4) is 0 Å². The van der Waals surface area contributed by atoms with Crippen LogP contribution in [0.25, 0.3) is 37.7 Å². The number of pyridine rings is 1. The summed E-state index contributed by atoms with van der Waals surface area (Å²) in [5, 5.41) is 68.2. The average molecular weight is 1250 g/mol. The summed E-state index contributed by atoms with van der Waals surface area (Å²) in [5.41, 5.74) is -0.693. The number of azo groups is 3. The second kappa shape index (κ2) is 23.0. The minimum absolute atomic E-state index is 0.00519. The van der Waals surface area contributed by atoms with Crippen molar-refractivity contribution < 1.29 is 84.9 Å². The summed E-state index contributed by atoms with van der Waals surface area (Å²) in [6.45, 7) is 1.09. The monoisotopic (exact) mass is 1250 g/mol. The van der Waals surface area contributed by atoms with Crippen molar-refractivity contribution in [2.45, 2.75) is 59.5 Å². The van der Waals surface area contributed by atoms with Crippen LogP contribution in [-0.2, 0) is 63.8 Å². The lowest BCUT2D eigenvalue weighted by Gasteiger charge is -2.12. The van der Waals surface area contributed by atoms with E-state index in [2.05, 4.69) is 40.7 Å². The normalized spacial score (nSPS) is 13.1. The number of imidazole rings is 1. The number of ether oxygens (including phenoxy) is 1. The van der Waals surface area contributed by atoms with E-state index in [1.165, 1.54) is 37.3 Å². The molecule has 426 valence electrons. The lowest BCUT2D eigenvalue weighted by atomic mass is 10.1. The Hall–Kier alpha value is -7.09. The second-order valence-electron chi connectivity index (χ2n) is 17.3. The molecule has 0 aliphatic rings. The molecule has 0 saturated carbocycles. The van der Waals surface area contributed by atoms with Crippen LogP contribution in [0.2, 0.25) is 0 Å². The van der Waals surface area contributed by atoms with Gasteiger partial charge in [-0.2, -0.15) is 52.5 Å². The van der Waals surface area contributed by atoms with E-state index in [-0.39, 0.29) is 129 Å². The molecule has 0 fully saturated rings. The zero-order valence-corrected chi connectivity index (χ0v) is 47.0. The molecule has 81 heavy (non-hydrogen) atoms. The molecule has 0 spiro atoms. The molecule has 3 aromatic heterocycles. The highest BCUT2D eigenvalue weighted by atomic mass is 32.2. The first-order valence-electron chi connectivity index (χ1n) is 22.7. The van der Waals surface area contributed by atoms with Crippen molar-refractivity contribution in [3.05, 3.63) is 88.5 Å².